The zero-order chi connectivity index (χ0) is 19.6. The van der Waals surface area contributed by atoms with Crippen LogP contribution in [0.2, 0.25) is 10.0 Å². The number of rotatable bonds is 5. The highest BCUT2D eigenvalue weighted by atomic mass is 35.5. The van der Waals surface area contributed by atoms with Gasteiger partial charge in [-0.1, -0.05) is 67.4 Å². The predicted octanol–water partition coefficient (Wildman–Crippen LogP) is 6.88. The van der Waals surface area contributed by atoms with Gasteiger partial charge in [-0.05, 0) is 37.0 Å². The number of carbonyl (C=O) groups is 1. The molecular formula is C21H20Cl2N2OS. The Bertz CT molecular complexity index is 965. The Morgan fingerprint density at radius 1 is 1.15 bits per heavy atom. The van der Waals surface area contributed by atoms with Crippen molar-refractivity contribution in [2.45, 2.75) is 27.2 Å². The molecule has 0 saturated heterocycles. The maximum absolute atomic E-state index is 12.5. The Hall–Kier alpha value is -1.88. The standard InChI is InChI=1S/C21H20Cl2N2OS/c1-12(2)11-14-7-9-15(10-8-14)19-13(3)27-21(24-19)25-20(26)16-5-4-6-17(22)18(16)23/h4-10,12H,11H2,1-3H3,(H,24,25,26). The summed E-state index contributed by atoms with van der Waals surface area (Å²) in [5.74, 6) is 0.298. The van der Waals surface area contributed by atoms with Gasteiger partial charge < -0.3 is 0 Å². The van der Waals surface area contributed by atoms with E-state index in [1.165, 1.54) is 16.9 Å². The zero-order valence-corrected chi connectivity index (χ0v) is 17.7. The van der Waals surface area contributed by atoms with Crippen LogP contribution in [0.15, 0.2) is 42.5 Å². The van der Waals surface area contributed by atoms with Crippen molar-refractivity contribution in [1.29, 1.82) is 0 Å². The molecule has 3 aromatic rings. The van der Waals surface area contributed by atoms with Gasteiger partial charge in [0.15, 0.2) is 5.13 Å². The molecule has 6 heteroatoms. The molecular weight excluding hydrogens is 399 g/mol. The summed E-state index contributed by atoms with van der Waals surface area (Å²) in [5.41, 5.74) is 3.56. The van der Waals surface area contributed by atoms with Gasteiger partial charge >= 0.3 is 0 Å². The summed E-state index contributed by atoms with van der Waals surface area (Å²) in [7, 11) is 0. The molecule has 0 fully saturated rings. The summed E-state index contributed by atoms with van der Waals surface area (Å²) in [6, 6.07) is 13.4. The maximum atomic E-state index is 12.5. The minimum atomic E-state index is -0.324. The van der Waals surface area contributed by atoms with Gasteiger partial charge in [-0.25, -0.2) is 4.98 Å². The molecule has 3 rings (SSSR count). The molecule has 0 aliphatic carbocycles. The maximum Gasteiger partial charge on any atom is 0.259 e. The molecule has 0 atom stereocenters. The first kappa shape index (κ1) is 19.9. The van der Waals surface area contributed by atoms with Crippen LogP contribution >= 0.6 is 34.5 Å². The van der Waals surface area contributed by atoms with E-state index in [1.807, 2.05) is 6.92 Å². The van der Waals surface area contributed by atoms with Gasteiger partial charge in [0, 0.05) is 10.4 Å². The fraction of sp³-hybridized carbons (Fsp3) is 0.238. The van der Waals surface area contributed by atoms with Crippen molar-refractivity contribution in [3.05, 3.63) is 68.5 Å². The molecule has 0 unspecified atom stereocenters. The van der Waals surface area contributed by atoms with Crippen LogP contribution in [0.1, 0.15) is 34.6 Å². The number of thiazole rings is 1. The average molecular weight is 419 g/mol. The molecule has 140 valence electrons. The summed E-state index contributed by atoms with van der Waals surface area (Å²) in [5, 5.41) is 3.95. The summed E-state index contributed by atoms with van der Waals surface area (Å²) < 4.78 is 0. The highest BCUT2D eigenvalue weighted by molar-refractivity contribution is 7.16. The number of halogens is 2. The van der Waals surface area contributed by atoms with Crippen molar-refractivity contribution in [3.63, 3.8) is 0 Å². The van der Waals surface area contributed by atoms with E-state index in [0.29, 0.717) is 21.6 Å². The van der Waals surface area contributed by atoms with Crippen molar-refractivity contribution in [2.24, 2.45) is 5.92 Å². The van der Waals surface area contributed by atoms with Gasteiger partial charge in [-0.2, -0.15) is 0 Å². The molecule has 0 saturated carbocycles. The Morgan fingerprint density at radius 3 is 2.52 bits per heavy atom. The SMILES string of the molecule is Cc1sc(NC(=O)c2cccc(Cl)c2Cl)nc1-c1ccc(CC(C)C)cc1. The van der Waals surface area contributed by atoms with Crippen LogP contribution in [-0.2, 0) is 6.42 Å². The summed E-state index contributed by atoms with van der Waals surface area (Å²) in [4.78, 5) is 18.1. The second kappa shape index (κ2) is 8.42. The summed E-state index contributed by atoms with van der Waals surface area (Å²) >= 11 is 13.6. The molecule has 0 aliphatic rings. The molecule has 1 heterocycles. The normalized spacial score (nSPS) is 11.0. The van der Waals surface area contributed by atoms with E-state index in [4.69, 9.17) is 23.2 Å². The van der Waals surface area contributed by atoms with E-state index in [2.05, 4.69) is 48.4 Å². The molecule has 1 amide bonds. The fourth-order valence-corrected chi connectivity index (χ4v) is 4.05. The van der Waals surface area contributed by atoms with Crippen molar-refractivity contribution in [1.82, 2.24) is 4.98 Å². The van der Waals surface area contributed by atoms with Gasteiger partial charge in [-0.15, -0.1) is 11.3 Å². The Balaban J connectivity index is 1.80. The highest BCUT2D eigenvalue weighted by Crippen LogP contribution is 2.32. The molecule has 1 aromatic heterocycles. The number of aryl methyl sites for hydroxylation is 1. The van der Waals surface area contributed by atoms with E-state index in [0.717, 1.165) is 22.6 Å². The third-order valence-corrected chi connectivity index (χ3v) is 5.79. The van der Waals surface area contributed by atoms with Crippen molar-refractivity contribution >= 4 is 45.6 Å². The Labute approximate surface area is 173 Å². The quantitative estimate of drug-likeness (QED) is 0.490. The second-order valence-corrected chi connectivity index (χ2v) is 8.76. The van der Waals surface area contributed by atoms with Crippen molar-refractivity contribution in [2.75, 3.05) is 5.32 Å². The molecule has 27 heavy (non-hydrogen) atoms. The fourth-order valence-electron chi connectivity index (χ4n) is 2.83. The highest BCUT2D eigenvalue weighted by Gasteiger charge is 2.16. The van der Waals surface area contributed by atoms with Gasteiger partial charge in [-0.3, -0.25) is 10.1 Å². The van der Waals surface area contributed by atoms with Gasteiger partial charge in [0.25, 0.3) is 5.91 Å². The van der Waals surface area contributed by atoms with E-state index in [9.17, 15) is 4.79 Å². The van der Waals surface area contributed by atoms with Crippen molar-refractivity contribution in [3.8, 4) is 11.3 Å². The number of anilines is 1. The van der Waals surface area contributed by atoms with E-state index < -0.39 is 0 Å². The number of nitrogens with one attached hydrogen (secondary N) is 1. The molecule has 0 spiro atoms. The van der Waals surface area contributed by atoms with Gasteiger partial charge in [0.2, 0.25) is 0 Å². The van der Waals surface area contributed by atoms with Crippen LogP contribution in [0.4, 0.5) is 5.13 Å². The predicted molar refractivity (Wildman–Crippen MR) is 115 cm³/mol. The third kappa shape index (κ3) is 4.70. The van der Waals surface area contributed by atoms with Crippen molar-refractivity contribution < 1.29 is 4.79 Å². The largest absolute Gasteiger partial charge is 0.298 e. The lowest BCUT2D eigenvalue weighted by Gasteiger charge is -2.06. The second-order valence-electron chi connectivity index (χ2n) is 6.77. The van der Waals surface area contributed by atoms with Crippen LogP contribution in [0.3, 0.4) is 0 Å². The van der Waals surface area contributed by atoms with Crippen LogP contribution < -0.4 is 5.32 Å². The molecule has 2 aromatic carbocycles. The third-order valence-electron chi connectivity index (χ3n) is 4.08. The van der Waals surface area contributed by atoms with E-state index in [1.54, 1.807) is 18.2 Å². The summed E-state index contributed by atoms with van der Waals surface area (Å²) in [6.07, 6.45) is 1.05. The number of carbonyl (C=O) groups excluding carboxylic acids is 1. The number of aromatic nitrogens is 1. The monoisotopic (exact) mass is 418 g/mol. The lowest BCUT2D eigenvalue weighted by molar-refractivity contribution is 0.102. The molecule has 0 aliphatic heterocycles. The van der Waals surface area contributed by atoms with Gasteiger partial charge in [0.1, 0.15) is 0 Å². The van der Waals surface area contributed by atoms with Crippen LogP contribution in [-0.4, -0.2) is 10.9 Å². The number of hydrogen-bond acceptors (Lipinski definition) is 3. The first-order chi connectivity index (χ1) is 12.8. The van der Waals surface area contributed by atoms with Crippen LogP contribution in [0, 0.1) is 12.8 Å². The first-order valence-corrected chi connectivity index (χ1v) is 10.2. The average Bonchev–Trinajstić information content (AvgIpc) is 2.97. The molecule has 0 radical (unpaired) electrons. The van der Waals surface area contributed by atoms with E-state index >= 15 is 0 Å². The lowest BCUT2D eigenvalue weighted by atomic mass is 10.0. The molecule has 3 nitrogen and oxygen atoms in total. The molecule has 0 bridgehead atoms. The van der Waals surface area contributed by atoms with E-state index in [-0.39, 0.29) is 10.9 Å². The number of benzene rings is 2. The number of nitrogens with zero attached hydrogens (tertiary/aromatic N) is 1. The molecule has 1 N–H and O–H groups in total. The van der Waals surface area contributed by atoms with Gasteiger partial charge in [0.05, 0.1) is 21.3 Å². The first-order valence-electron chi connectivity index (χ1n) is 8.67. The summed E-state index contributed by atoms with van der Waals surface area (Å²) in [6.45, 7) is 6.41. The minimum Gasteiger partial charge on any atom is -0.298 e. The zero-order valence-electron chi connectivity index (χ0n) is 15.3. The smallest absolute Gasteiger partial charge is 0.259 e. The van der Waals surface area contributed by atoms with Crippen LogP contribution in [0.5, 0.6) is 0 Å². The Kier molecular flexibility index (Phi) is 6.20. The minimum absolute atomic E-state index is 0.242. The topological polar surface area (TPSA) is 42.0 Å². The number of amides is 1. The Morgan fingerprint density at radius 2 is 1.85 bits per heavy atom. The van der Waals surface area contributed by atoms with Crippen LogP contribution in [0.25, 0.3) is 11.3 Å². The number of hydrogen-bond donors (Lipinski definition) is 1. The lowest BCUT2D eigenvalue weighted by Crippen LogP contribution is -2.12.